The van der Waals surface area contributed by atoms with Crippen LogP contribution in [0.25, 0.3) is 0 Å². The van der Waals surface area contributed by atoms with Gasteiger partial charge in [-0.3, -0.25) is 4.79 Å². The summed E-state index contributed by atoms with van der Waals surface area (Å²) in [7, 11) is -5.17. The Labute approximate surface area is 133 Å². The van der Waals surface area contributed by atoms with Crippen molar-refractivity contribution in [3.8, 4) is 0 Å². The second-order valence-electron chi connectivity index (χ2n) is 4.97. The summed E-state index contributed by atoms with van der Waals surface area (Å²) in [5, 5.41) is 19.3. The number of nitrogens with two attached hydrogens (primary N) is 1. The fourth-order valence-electron chi connectivity index (χ4n) is 2.28. The van der Waals surface area contributed by atoms with Gasteiger partial charge in [0.2, 0.25) is 10.0 Å². The van der Waals surface area contributed by atoms with Crippen molar-refractivity contribution in [1.82, 2.24) is 4.92 Å². The number of nitrogens with zero attached hydrogens (tertiary/aromatic N) is 2. The van der Waals surface area contributed by atoms with E-state index in [-0.39, 0.29) is 10.5 Å². The number of benzene rings is 2. The molecule has 0 unspecified atom stereocenters. The Hall–Kier alpha value is -2.49. The average Bonchev–Trinajstić information content (AvgIpc) is 2.54. The maximum Gasteiger partial charge on any atom is 0.474 e. The Morgan fingerprint density at radius 2 is 1.91 bits per heavy atom. The van der Waals surface area contributed by atoms with Crippen molar-refractivity contribution in [3.05, 3.63) is 59.7 Å². The minimum atomic E-state index is -3.92. The van der Waals surface area contributed by atoms with E-state index in [1.54, 1.807) is 24.3 Å². The van der Waals surface area contributed by atoms with Crippen LogP contribution in [0.3, 0.4) is 0 Å². The lowest BCUT2D eigenvalue weighted by Crippen LogP contribution is -2.52. The van der Waals surface area contributed by atoms with E-state index >= 15 is 0 Å². The predicted octanol–water partition coefficient (Wildman–Crippen LogP) is -0.489. The number of fused-ring (bicyclic) bond motifs is 1. The van der Waals surface area contributed by atoms with Crippen LogP contribution in [0.2, 0.25) is 0 Å². The number of amides is 1. The molecule has 1 aliphatic heterocycles. The third-order valence-electron chi connectivity index (χ3n) is 3.44. The van der Waals surface area contributed by atoms with Crippen LogP contribution in [-0.2, 0) is 10.0 Å². The van der Waals surface area contributed by atoms with Crippen molar-refractivity contribution >= 4 is 34.7 Å². The minimum absolute atomic E-state index is 0.0621. The quantitative estimate of drug-likeness (QED) is 0.724. The van der Waals surface area contributed by atoms with E-state index in [4.69, 9.17) is 5.14 Å². The summed E-state index contributed by atoms with van der Waals surface area (Å²) in [6.07, 6.45) is 1.46. The molecule has 1 amide bonds. The normalized spacial score (nSPS) is 13.8. The van der Waals surface area contributed by atoms with Crippen molar-refractivity contribution in [3.63, 3.8) is 0 Å². The molecule has 1 heterocycles. The lowest BCUT2D eigenvalue weighted by Gasteiger charge is -2.24. The molecule has 0 saturated carbocycles. The summed E-state index contributed by atoms with van der Waals surface area (Å²) in [4.78, 5) is 13.2. The standard InChI is InChI=1S/C14H12BN3O4S/c16-23(21,22)12-6-3-5-10(8-12)14(19)18-15(20)13-7-2-1-4-11(13)9-17-18/h1-9,20H,(H2,16,21,22). The molecular weight excluding hydrogens is 317 g/mol. The van der Waals surface area contributed by atoms with Gasteiger partial charge in [-0.1, -0.05) is 30.3 Å². The van der Waals surface area contributed by atoms with Gasteiger partial charge in [-0.15, -0.1) is 0 Å². The van der Waals surface area contributed by atoms with Crippen molar-refractivity contribution in [2.75, 3.05) is 0 Å². The molecule has 0 saturated heterocycles. The van der Waals surface area contributed by atoms with Crippen molar-refractivity contribution in [2.24, 2.45) is 10.2 Å². The van der Waals surface area contributed by atoms with Gasteiger partial charge in [0.05, 0.1) is 11.1 Å². The molecule has 0 radical (unpaired) electrons. The largest absolute Gasteiger partial charge is 0.474 e. The first kappa shape index (κ1) is 15.4. The molecule has 3 N–H and O–H groups in total. The van der Waals surface area contributed by atoms with Gasteiger partial charge >= 0.3 is 7.05 Å². The van der Waals surface area contributed by atoms with E-state index in [1.165, 1.54) is 24.4 Å². The van der Waals surface area contributed by atoms with Crippen LogP contribution in [0.1, 0.15) is 15.9 Å². The maximum absolute atomic E-state index is 12.5. The van der Waals surface area contributed by atoms with E-state index < -0.39 is 23.0 Å². The third kappa shape index (κ3) is 2.89. The molecular formula is C14H12BN3O4S. The average molecular weight is 329 g/mol. The zero-order valence-corrected chi connectivity index (χ0v) is 12.6. The van der Waals surface area contributed by atoms with Crippen molar-refractivity contribution in [1.29, 1.82) is 0 Å². The Morgan fingerprint density at radius 1 is 1.17 bits per heavy atom. The van der Waals surface area contributed by atoms with E-state index in [0.29, 0.717) is 11.0 Å². The highest BCUT2D eigenvalue weighted by atomic mass is 32.2. The van der Waals surface area contributed by atoms with Gasteiger partial charge in [-0.25, -0.2) is 18.5 Å². The summed E-state index contributed by atoms with van der Waals surface area (Å²) >= 11 is 0. The second-order valence-corrected chi connectivity index (χ2v) is 6.53. The molecule has 1 aliphatic rings. The van der Waals surface area contributed by atoms with Gasteiger partial charge in [0.15, 0.2) is 0 Å². The third-order valence-corrected chi connectivity index (χ3v) is 4.36. The topological polar surface area (TPSA) is 113 Å². The Balaban J connectivity index is 1.97. The van der Waals surface area contributed by atoms with Gasteiger partial charge in [-0.2, -0.15) is 5.10 Å². The van der Waals surface area contributed by atoms with E-state index in [0.717, 1.165) is 11.0 Å². The summed E-state index contributed by atoms with van der Waals surface area (Å²) in [5.74, 6) is -0.631. The number of sulfonamides is 1. The van der Waals surface area contributed by atoms with E-state index in [9.17, 15) is 18.2 Å². The van der Waals surface area contributed by atoms with Gasteiger partial charge in [0.25, 0.3) is 5.91 Å². The molecule has 2 aromatic rings. The van der Waals surface area contributed by atoms with Gasteiger partial charge in [-0.05, 0) is 29.2 Å². The summed E-state index contributed by atoms with van der Waals surface area (Å²) < 4.78 is 22.8. The van der Waals surface area contributed by atoms with Crippen LogP contribution in [-0.4, -0.2) is 37.5 Å². The molecule has 0 bridgehead atoms. The van der Waals surface area contributed by atoms with Crippen molar-refractivity contribution < 1.29 is 18.2 Å². The van der Waals surface area contributed by atoms with Gasteiger partial charge in [0.1, 0.15) is 0 Å². The molecule has 9 heteroatoms. The first-order valence-corrected chi connectivity index (χ1v) is 8.20. The van der Waals surface area contributed by atoms with Crippen LogP contribution < -0.4 is 10.6 Å². The molecule has 0 spiro atoms. The molecule has 0 aliphatic carbocycles. The molecule has 2 aromatic carbocycles. The molecule has 23 heavy (non-hydrogen) atoms. The molecule has 0 fully saturated rings. The number of rotatable bonds is 2. The Bertz CT molecular complexity index is 914. The number of hydrazone groups is 1. The molecule has 0 aromatic heterocycles. The van der Waals surface area contributed by atoms with Crippen LogP contribution in [0, 0.1) is 0 Å². The zero-order chi connectivity index (χ0) is 16.6. The zero-order valence-electron chi connectivity index (χ0n) is 11.8. The number of hydrogen-bond acceptors (Lipinski definition) is 5. The van der Waals surface area contributed by atoms with Gasteiger partial charge in [0, 0.05) is 5.56 Å². The Kier molecular flexibility index (Phi) is 3.76. The van der Waals surface area contributed by atoms with Crippen LogP contribution in [0.5, 0.6) is 0 Å². The van der Waals surface area contributed by atoms with Crippen LogP contribution in [0.15, 0.2) is 58.5 Å². The highest BCUT2D eigenvalue weighted by Crippen LogP contribution is 2.15. The number of hydrogen-bond donors (Lipinski definition) is 2. The summed E-state index contributed by atoms with van der Waals surface area (Å²) in [5.41, 5.74) is 1.31. The first-order chi connectivity index (χ1) is 10.9. The fourth-order valence-corrected chi connectivity index (χ4v) is 2.84. The SMILES string of the molecule is NS(=O)(=O)c1cccc(C(=O)N2N=Cc3ccccc3B2O)c1. The highest BCUT2D eigenvalue weighted by molar-refractivity contribution is 7.89. The van der Waals surface area contributed by atoms with Gasteiger partial charge < -0.3 is 5.02 Å². The lowest BCUT2D eigenvalue weighted by molar-refractivity contribution is 0.0846. The molecule has 3 rings (SSSR count). The number of primary sulfonamides is 1. The molecule has 7 nitrogen and oxygen atoms in total. The van der Waals surface area contributed by atoms with E-state index in [1.807, 2.05) is 0 Å². The Morgan fingerprint density at radius 3 is 2.65 bits per heavy atom. The number of carbonyl (C=O) groups excluding carboxylic acids is 1. The second kappa shape index (κ2) is 5.62. The smallest absolute Gasteiger partial charge is 0.427 e. The first-order valence-electron chi connectivity index (χ1n) is 6.65. The van der Waals surface area contributed by atoms with Crippen LogP contribution in [0.4, 0.5) is 0 Å². The monoisotopic (exact) mass is 329 g/mol. The van der Waals surface area contributed by atoms with E-state index in [2.05, 4.69) is 5.10 Å². The van der Waals surface area contributed by atoms with Crippen LogP contribution >= 0.6 is 0 Å². The summed E-state index contributed by atoms with van der Waals surface area (Å²) in [6.45, 7) is 0. The predicted molar refractivity (Wildman–Crippen MR) is 85.6 cm³/mol. The molecule has 0 atom stereocenters. The molecule has 116 valence electrons. The maximum atomic E-state index is 12.5. The fraction of sp³-hybridized carbons (Fsp3) is 0. The summed E-state index contributed by atoms with van der Waals surface area (Å²) in [6, 6.07) is 12.3. The lowest BCUT2D eigenvalue weighted by atomic mass is 9.69. The number of carbonyl (C=O) groups is 1. The highest BCUT2D eigenvalue weighted by Gasteiger charge is 2.34. The van der Waals surface area contributed by atoms with Crippen molar-refractivity contribution in [2.45, 2.75) is 4.90 Å². The minimum Gasteiger partial charge on any atom is -0.427 e.